The van der Waals surface area contributed by atoms with Crippen molar-refractivity contribution in [3.63, 3.8) is 0 Å². The lowest BCUT2D eigenvalue weighted by Gasteiger charge is -1.91. The molecule has 3 N–H and O–H groups in total. The van der Waals surface area contributed by atoms with Gasteiger partial charge in [-0.2, -0.15) is 9.30 Å². The van der Waals surface area contributed by atoms with Gasteiger partial charge in [0.25, 0.3) is 6.33 Å². The lowest BCUT2D eigenvalue weighted by Crippen LogP contribution is -2.22. The van der Waals surface area contributed by atoms with Crippen LogP contribution in [0, 0.1) is 5.21 Å². The van der Waals surface area contributed by atoms with Gasteiger partial charge in [0.2, 0.25) is 0 Å². The third kappa shape index (κ3) is 0.742. The molecule has 6 heteroatoms. The smallest absolute Gasteiger partial charge is 0.373 e. The minimum Gasteiger partial charge on any atom is -0.708 e. The molecule has 1 heterocycles. The van der Waals surface area contributed by atoms with Gasteiger partial charge >= 0.3 is 11.8 Å². The molecule has 0 atom stereocenters. The average molecular weight is 146 g/mol. The van der Waals surface area contributed by atoms with Crippen LogP contribution < -0.4 is 4.73 Å². The average Bonchev–Trinajstić information content (AvgIpc) is 2.17. The maximum atomic E-state index is 10.4. The Hall–Kier alpha value is -1.43. The Morgan fingerprint density at radius 3 is 2.40 bits per heavy atom. The molecule has 0 aliphatic rings. The molecule has 0 fully saturated rings. The topological polar surface area (TPSA) is 92.6 Å². The maximum absolute atomic E-state index is 10.4. The van der Waals surface area contributed by atoms with E-state index >= 15 is 0 Å². The van der Waals surface area contributed by atoms with Gasteiger partial charge in [-0.15, -0.1) is 0 Å². The molecule has 0 saturated heterocycles. The Kier molecular flexibility index (Phi) is 1.38. The number of hydrogen-bond donors (Lipinski definition) is 3. The van der Waals surface area contributed by atoms with Crippen molar-refractivity contribution in [3.05, 3.63) is 11.5 Å². The molecule has 0 unspecified atom stereocenters. The summed E-state index contributed by atoms with van der Waals surface area (Å²) in [6.07, 6.45) is 0.824. The maximum Gasteiger partial charge on any atom is 0.373 e. The molecule has 1 aromatic heterocycles. The molecule has 0 aliphatic carbocycles. The number of aliphatic hydroxyl groups excluding tert-OH is 1. The van der Waals surface area contributed by atoms with Crippen LogP contribution in [-0.4, -0.2) is 19.9 Å². The normalized spacial score (nSPS) is 10.1. The van der Waals surface area contributed by atoms with Crippen LogP contribution in [0.2, 0.25) is 0 Å². The van der Waals surface area contributed by atoms with E-state index in [2.05, 4.69) is 0 Å². The first-order valence-electron chi connectivity index (χ1n) is 2.48. The Labute approximate surface area is 55.8 Å². The van der Waals surface area contributed by atoms with Gasteiger partial charge in [0.15, 0.2) is 6.73 Å². The molecular weight excluding hydrogens is 140 g/mol. The lowest BCUT2D eigenvalue weighted by molar-refractivity contribution is -0.613. The SMILES string of the molecule is [O-][n+]1cn(CO)c(O)c1O. The van der Waals surface area contributed by atoms with Crippen molar-refractivity contribution >= 4 is 0 Å². The van der Waals surface area contributed by atoms with Crippen LogP contribution in [0.15, 0.2) is 6.33 Å². The zero-order valence-electron chi connectivity index (χ0n) is 4.93. The zero-order valence-corrected chi connectivity index (χ0v) is 4.93. The lowest BCUT2D eigenvalue weighted by atomic mass is 10.7. The molecule has 1 aromatic rings. The Morgan fingerprint density at radius 2 is 2.20 bits per heavy atom. The predicted molar refractivity (Wildman–Crippen MR) is 28.9 cm³/mol. The van der Waals surface area contributed by atoms with E-state index in [9.17, 15) is 5.21 Å². The monoisotopic (exact) mass is 146 g/mol. The number of imidazole rings is 1. The molecule has 0 aromatic carbocycles. The van der Waals surface area contributed by atoms with E-state index in [1.165, 1.54) is 0 Å². The summed E-state index contributed by atoms with van der Waals surface area (Å²) in [5.74, 6) is -1.45. The van der Waals surface area contributed by atoms with Gasteiger partial charge in [0, 0.05) is 0 Å². The summed E-state index contributed by atoms with van der Waals surface area (Å²) in [6.45, 7) is -0.547. The Bertz CT molecular complexity index is 244. The van der Waals surface area contributed by atoms with Gasteiger partial charge in [-0.1, -0.05) is 0 Å². The van der Waals surface area contributed by atoms with Crippen LogP contribution in [0.1, 0.15) is 0 Å². The molecule has 1 rings (SSSR count). The first-order chi connectivity index (χ1) is 4.66. The van der Waals surface area contributed by atoms with Crippen molar-refractivity contribution in [2.24, 2.45) is 0 Å². The van der Waals surface area contributed by atoms with Crippen LogP contribution in [0.4, 0.5) is 0 Å². The second-order valence-corrected chi connectivity index (χ2v) is 1.70. The van der Waals surface area contributed by atoms with Crippen molar-refractivity contribution in [1.29, 1.82) is 0 Å². The summed E-state index contributed by atoms with van der Waals surface area (Å²) in [7, 11) is 0. The first-order valence-corrected chi connectivity index (χ1v) is 2.48. The van der Waals surface area contributed by atoms with E-state index in [-0.39, 0.29) is 4.73 Å². The van der Waals surface area contributed by atoms with E-state index in [0.29, 0.717) is 0 Å². The van der Waals surface area contributed by atoms with Crippen molar-refractivity contribution in [2.45, 2.75) is 6.73 Å². The molecule has 0 aliphatic heterocycles. The van der Waals surface area contributed by atoms with Gasteiger partial charge in [0.05, 0.1) is 0 Å². The van der Waals surface area contributed by atoms with E-state index in [1.807, 2.05) is 0 Å². The van der Waals surface area contributed by atoms with Gasteiger partial charge in [-0.25, -0.2) is 0 Å². The number of aromatic hydroxyl groups is 2. The van der Waals surface area contributed by atoms with Gasteiger partial charge in [-0.3, -0.25) is 0 Å². The predicted octanol–water partition coefficient (Wildman–Crippen LogP) is -1.52. The fourth-order valence-electron chi connectivity index (χ4n) is 0.566. The van der Waals surface area contributed by atoms with Crippen molar-refractivity contribution < 1.29 is 20.0 Å². The number of hydrogen-bond acceptors (Lipinski definition) is 4. The van der Waals surface area contributed by atoms with Gasteiger partial charge < -0.3 is 20.5 Å². The molecular formula is C4H6N2O4. The Balaban J connectivity index is 3.17. The first kappa shape index (κ1) is 6.69. The molecule has 0 bridgehead atoms. The number of rotatable bonds is 1. The van der Waals surface area contributed by atoms with Gasteiger partial charge in [0.1, 0.15) is 0 Å². The van der Waals surface area contributed by atoms with Gasteiger partial charge in [-0.05, 0) is 0 Å². The second kappa shape index (κ2) is 2.07. The second-order valence-electron chi connectivity index (χ2n) is 1.70. The minimum absolute atomic E-state index is 0.0472. The summed E-state index contributed by atoms with van der Waals surface area (Å²) < 4.78 is 0.841. The highest BCUT2D eigenvalue weighted by Crippen LogP contribution is 2.18. The highest BCUT2D eigenvalue weighted by molar-refractivity contribution is 5.17. The zero-order chi connectivity index (χ0) is 7.72. The molecule has 10 heavy (non-hydrogen) atoms. The van der Waals surface area contributed by atoms with Crippen LogP contribution in [0.25, 0.3) is 0 Å². The van der Waals surface area contributed by atoms with E-state index in [1.54, 1.807) is 0 Å². The molecule has 0 saturated carbocycles. The summed E-state index contributed by atoms with van der Waals surface area (Å²) in [5.41, 5.74) is 0. The molecule has 6 nitrogen and oxygen atoms in total. The van der Waals surface area contributed by atoms with Crippen molar-refractivity contribution in [1.82, 2.24) is 4.57 Å². The quantitative estimate of drug-likeness (QED) is 0.331. The summed E-state index contributed by atoms with van der Waals surface area (Å²) in [5, 5.41) is 36.2. The van der Waals surface area contributed by atoms with E-state index < -0.39 is 18.5 Å². The minimum atomic E-state index is -0.811. The van der Waals surface area contributed by atoms with E-state index in [0.717, 1.165) is 10.9 Å². The fourth-order valence-corrected chi connectivity index (χ4v) is 0.566. The van der Waals surface area contributed by atoms with Crippen molar-refractivity contribution in [2.75, 3.05) is 0 Å². The van der Waals surface area contributed by atoms with Crippen LogP contribution in [-0.2, 0) is 6.73 Å². The standard InChI is InChI=1S/C4H6N2O4/c7-2-5-1-6(10)4(9)3(5)8/h1,7-9H,2H2. The highest BCUT2D eigenvalue weighted by Gasteiger charge is 2.16. The van der Waals surface area contributed by atoms with E-state index in [4.69, 9.17) is 15.3 Å². The molecule has 0 radical (unpaired) electrons. The number of aliphatic hydroxyl groups is 1. The van der Waals surface area contributed by atoms with Crippen LogP contribution >= 0.6 is 0 Å². The number of aromatic nitrogens is 2. The Morgan fingerprint density at radius 1 is 1.60 bits per heavy atom. The summed E-state index contributed by atoms with van der Waals surface area (Å²) >= 11 is 0. The molecule has 0 spiro atoms. The molecule has 0 amide bonds. The van der Waals surface area contributed by atoms with Crippen LogP contribution in [0.5, 0.6) is 11.8 Å². The number of nitrogens with zero attached hydrogens (tertiary/aromatic N) is 2. The summed E-state index contributed by atoms with van der Waals surface area (Å²) in [6, 6.07) is 0. The largest absolute Gasteiger partial charge is 0.708 e. The van der Waals surface area contributed by atoms with Crippen LogP contribution in [0.3, 0.4) is 0 Å². The fraction of sp³-hybridized carbons (Fsp3) is 0.250. The molecule has 56 valence electrons. The van der Waals surface area contributed by atoms with Crippen molar-refractivity contribution in [3.8, 4) is 11.8 Å². The highest BCUT2D eigenvalue weighted by atomic mass is 16.5. The third-order valence-electron chi connectivity index (χ3n) is 1.08. The summed E-state index contributed by atoms with van der Waals surface area (Å²) in [4.78, 5) is 0. The third-order valence-corrected chi connectivity index (χ3v) is 1.08.